The molecule has 134 valence electrons. The Hall–Kier alpha value is -1.89. The van der Waals surface area contributed by atoms with E-state index in [-0.39, 0.29) is 15.9 Å². The van der Waals surface area contributed by atoms with Crippen molar-refractivity contribution in [2.45, 2.75) is 45.1 Å². The van der Waals surface area contributed by atoms with Gasteiger partial charge in [0.25, 0.3) is 8.32 Å². The Morgan fingerprint density at radius 1 is 0.923 bits per heavy atom. The van der Waals surface area contributed by atoms with Gasteiger partial charge in [0.2, 0.25) is 0 Å². The lowest BCUT2D eigenvalue weighted by Gasteiger charge is -2.67. The normalized spacial score (nSPS) is 27.2. The summed E-state index contributed by atoms with van der Waals surface area (Å²) in [5.74, 6) is 0. The highest BCUT2D eigenvalue weighted by Crippen LogP contribution is 2.73. The van der Waals surface area contributed by atoms with Crippen LogP contribution in [-0.2, 0) is 4.43 Å². The Bertz CT molecular complexity index is 773. The van der Waals surface area contributed by atoms with Crippen molar-refractivity contribution < 1.29 is 4.43 Å². The first-order valence-electron chi connectivity index (χ1n) is 9.51. The molecule has 3 aliphatic carbocycles. The topological polar surface area (TPSA) is 33.0 Å². The standard InChI is InChI=1S/C23H27NOSi/c1-21(2,3)26(19-10-6-4-7-11-19,20-12-8-5-9-13-20)25-18-23-14-22(15-23,16-23)17-24/h4-13H,14-16,18H2,1-3H3. The SMILES string of the molecule is CC(C)(C)[Si](OCC12CC(C#N)(C1)C2)(c1ccccc1)c1ccccc1. The zero-order valence-corrected chi connectivity index (χ0v) is 17.0. The molecule has 0 heterocycles. The molecule has 26 heavy (non-hydrogen) atoms. The van der Waals surface area contributed by atoms with Crippen molar-refractivity contribution in [2.75, 3.05) is 6.61 Å². The molecule has 5 rings (SSSR count). The molecule has 3 fully saturated rings. The highest BCUT2D eigenvalue weighted by Gasteiger charge is 2.69. The van der Waals surface area contributed by atoms with Crippen LogP contribution in [0.25, 0.3) is 0 Å². The highest BCUT2D eigenvalue weighted by atomic mass is 28.4. The summed E-state index contributed by atoms with van der Waals surface area (Å²) < 4.78 is 7.03. The first-order chi connectivity index (χ1) is 12.3. The predicted molar refractivity (Wildman–Crippen MR) is 108 cm³/mol. The Labute approximate surface area is 158 Å². The number of hydrogen-bond acceptors (Lipinski definition) is 2. The van der Waals surface area contributed by atoms with Gasteiger partial charge in [-0.1, -0.05) is 81.4 Å². The van der Waals surface area contributed by atoms with Crippen LogP contribution < -0.4 is 10.4 Å². The molecule has 0 atom stereocenters. The van der Waals surface area contributed by atoms with Crippen molar-refractivity contribution in [1.29, 1.82) is 5.26 Å². The van der Waals surface area contributed by atoms with Gasteiger partial charge < -0.3 is 4.43 Å². The fourth-order valence-electron chi connectivity index (χ4n) is 5.29. The van der Waals surface area contributed by atoms with Gasteiger partial charge in [0.1, 0.15) is 0 Å². The second-order valence-corrected chi connectivity index (χ2v) is 13.7. The molecule has 0 N–H and O–H groups in total. The second-order valence-electron chi connectivity index (χ2n) is 9.37. The van der Waals surface area contributed by atoms with Crippen LogP contribution in [0.3, 0.4) is 0 Å². The third-order valence-electron chi connectivity index (χ3n) is 6.39. The molecule has 0 saturated heterocycles. The summed E-state index contributed by atoms with van der Waals surface area (Å²) in [5, 5.41) is 12.0. The average molecular weight is 362 g/mol. The Morgan fingerprint density at radius 2 is 1.38 bits per heavy atom. The van der Waals surface area contributed by atoms with E-state index < -0.39 is 8.32 Å². The van der Waals surface area contributed by atoms with Gasteiger partial charge in [-0.05, 0) is 40.1 Å². The quantitative estimate of drug-likeness (QED) is 0.746. The molecule has 3 heteroatoms. The molecule has 0 amide bonds. The number of nitriles is 1. The van der Waals surface area contributed by atoms with Gasteiger partial charge in [-0.2, -0.15) is 5.26 Å². The minimum Gasteiger partial charge on any atom is -0.407 e. The maximum absolute atomic E-state index is 9.33. The third-order valence-corrected chi connectivity index (χ3v) is 11.4. The summed E-state index contributed by atoms with van der Waals surface area (Å²) in [6.45, 7) is 7.73. The van der Waals surface area contributed by atoms with Gasteiger partial charge in [0.05, 0.1) is 11.5 Å². The van der Waals surface area contributed by atoms with E-state index >= 15 is 0 Å². The minimum atomic E-state index is -2.43. The molecular weight excluding hydrogens is 334 g/mol. The molecule has 3 saturated carbocycles. The van der Waals surface area contributed by atoms with Crippen LogP contribution in [0.5, 0.6) is 0 Å². The van der Waals surface area contributed by atoms with E-state index in [4.69, 9.17) is 4.43 Å². The van der Waals surface area contributed by atoms with Crippen LogP contribution in [-0.4, -0.2) is 14.9 Å². The summed E-state index contributed by atoms with van der Waals surface area (Å²) >= 11 is 0. The van der Waals surface area contributed by atoms with Crippen LogP contribution >= 0.6 is 0 Å². The molecule has 2 aromatic rings. The number of hydrogen-bond donors (Lipinski definition) is 0. The van der Waals surface area contributed by atoms with E-state index in [9.17, 15) is 5.26 Å². The van der Waals surface area contributed by atoms with Crippen molar-refractivity contribution in [2.24, 2.45) is 10.8 Å². The fourth-order valence-corrected chi connectivity index (χ4v) is 9.97. The molecule has 0 radical (unpaired) electrons. The van der Waals surface area contributed by atoms with Crippen molar-refractivity contribution in [3.63, 3.8) is 0 Å². The zero-order chi connectivity index (χ0) is 18.5. The first-order valence-corrected chi connectivity index (χ1v) is 11.4. The van der Waals surface area contributed by atoms with Crippen LogP contribution in [0.15, 0.2) is 60.7 Å². The van der Waals surface area contributed by atoms with E-state index in [1.54, 1.807) is 0 Å². The summed E-state index contributed by atoms with van der Waals surface area (Å²) in [4.78, 5) is 0. The van der Waals surface area contributed by atoms with Gasteiger partial charge in [0, 0.05) is 6.61 Å². The molecule has 0 spiro atoms. The number of benzene rings is 2. The maximum Gasteiger partial charge on any atom is 0.261 e. The Morgan fingerprint density at radius 3 is 1.77 bits per heavy atom. The number of rotatable bonds is 5. The van der Waals surface area contributed by atoms with E-state index in [1.807, 2.05) is 0 Å². The number of nitrogens with zero attached hydrogens (tertiary/aromatic N) is 1. The molecule has 2 nitrogen and oxygen atoms in total. The third kappa shape index (κ3) is 2.47. The van der Waals surface area contributed by atoms with Gasteiger partial charge in [-0.25, -0.2) is 0 Å². The maximum atomic E-state index is 9.33. The van der Waals surface area contributed by atoms with Crippen molar-refractivity contribution >= 4 is 18.7 Å². The molecule has 2 bridgehead atoms. The predicted octanol–water partition coefficient (Wildman–Crippen LogP) is 4.26. The monoisotopic (exact) mass is 361 g/mol. The lowest BCUT2D eigenvalue weighted by atomic mass is 9.36. The van der Waals surface area contributed by atoms with Crippen molar-refractivity contribution in [3.05, 3.63) is 60.7 Å². The summed E-state index contributed by atoms with van der Waals surface area (Å²) in [7, 11) is -2.43. The van der Waals surface area contributed by atoms with E-state index in [1.165, 1.54) is 10.4 Å². The summed E-state index contributed by atoms with van der Waals surface area (Å²) in [6, 6.07) is 24.1. The molecule has 0 aromatic heterocycles. The largest absolute Gasteiger partial charge is 0.407 e. The van der Waals surface area contributed by atoms with Crippen LogP contribution in [0, 0.1) is 22.2 Å². The molecule has 2 aromatic carbocycles. The van der Waals surface area contributed by atoms with Crippen LogP contribution in [0.2, 0.25) is 5.04 Å². The second kappa shape index (κ2) is 5.80. The van der Waals surface area contributed by atoms with Gasteiger partial charge in [0.15, 0.2) is 0 Å². The smallest absolute Gasteiger partial charge is 0.261 e. The molecule has 0 aliphatic heterocycles. The summed E-state index contributed by atoms with van der Waals surface area (Å²) in [5.41, 5.74) is 0.234. The lowest BCUT2D eigenvalue weighted by Crippen LogP contribution is -2.70. The van der Waals surface area contributed by atoms with Crippen LogP contribution in [0.4, 0.5) is 0 Å². The van der Waals surface area contributed by atoms with Gasteiger partial charge in [-0.15, -0.1) is 0 Å². The van der Waals surface area contributed by atoms with Crippen molar-refractivity contribution in [3.8, 4) is 6.07 Å². The zero-order valence-electron chi connectivity index (χ0n) is 16.0. The van der Waals surface area contributed by atoms with Crippen LogP contribution in [0.1, 0.15) is 40.0 Å². The minimum absolute atomic E-state index is 0.0190. The Kier molecular flexibility index (Phi) is 3.91. The highest BCUT2D eigenvalue weighted by molar-refractivity contribution is 6.99. The molecular formula is C23H27NOSi. The van der Waals surface area contributed by atoms with E-state index in [0.29, 0.717) is 0 Å². The lowest BCUT2D eigenvalue weighted by molar-refractivity contribution is -0.183. The fraction of sp³-hybridized carbons (Fsp3) is 0.435. The van der Waals surface area contributed by atoms with E-state index in [0.717, 1.165) is 25.9 Å². The van der Waals surface area contributed by atoms with E-state index in [2.05, 4.69) is 87.5 Å². The molecule has 0 unspecified atom stereocenters. The Balaban J connectivity index is 1.73. The van der Waals surface area contributed by atoms with Crippen molar-refractivity contribution in [1.82, 2.24) is 0 Å². The van der Waals surface area contributed by atoms with Gasteiger partial charge in [-0.3, -0.25) is 0 Å². The van der Waals surface area contributed by atoms with Gasteiger partial charge >= 0.3 is 0 Å². The average Bonchev–Trinajstić information content (AvgIpc) is 2.56. The molecule has 3 aliphatic rings. The first kappa shape index (κ1) is 17.5. The summed E-state index contributed by atoms with van der Waals surface area (Å²) in [6.07, 6.45) is 3.07.